The summed E-state index contributed by atoms with van der Waals surface area (Å²) in [7, 11) is 0. The van der Waals surface area contributed by atoms with E-state index in [1.165, 1.54) is 0 Å². The molecule has 0 rings (SSSR count). The van der Waals surface area contributed by atoms with Crippen LogP contribution in [0.4, 0.5) is 0 Å². The summed E-state index contributed by atoms with van der Waals surface area (Å²) in [6, 6.07) is 0. The highest BCUT2D eigenvalue weighted by Gasteiger charge is 2.35. The molecule has 0 aliphatic carbocycles. The van der Waals surface area contributed by atoms with Crippen LogP contribution in [0.5, 0.6) is 0 Å². The third-order valence-electron chi connectivity index (χ3n) is 1.89. The van der Waals surface area contributed by atoms with Crippen LogP contribution in [0.3, 0.4) is 0 Å². The van der Waals surface area contributed by atoms with E-state index in [-0.39, 0.29) is 5.41 Å². The molecule has 0 saturated carbocycles. The minimum atomic E-state index is -1.09. The second-order valence-corrected chi connectivity index (χ2v) is 3.87. The van der Waals surface area contributed by atoms with E-state index in [4.69, 9.17) is 10.5 Å². The van der Waals surface area contributed by atoms with Gasteiger partial charge in [-0.25, -0.2) is 0 Å². The van der Waals surface area contributed by atoms with Gasteiger partial charge < -0.3 is 15.6 Å². The first-order valence-corrected chi connectivity index (χ1v) is 3.87. The van der Waals surface area contributed by atoms with Crippen molar-refractivity contribution in [3.63, 3.8) is 0 Å². The van der Waals surface area contributed by atoms with Gasteiger partial charge in [0.25, 0.3) is 0 Å². The Balaban J connectivity index is 4.00. The summed E-state index contributed by atoms with van der Waals surface area (Å²) >= 11 is 0. The zero-order valence-corrected chi connectivity index (χ0v) is 7.85. The van der Waals surface area contributed by atoms with Crippen LogP contribution in [0.25, 0.3) is 0 Å². The average molecular weight is 161 g/mol. The molecule has 1 atom stereocenters. The fourth-order valence-electron chi connectivity index (χ4n) is 0.474. The van der Waals surface area contributed by atoms with Crippen molar-refractivity contribution in [3.8, 4) is 0 Å². The minimum Gasteiger partial charge on any atom is -0.365 e. The average Bonchev–Trinajstić information content (AvgIpc) is 1.81. The minimum absolute atomic E-state index is 0.276. The van der Waals surface area contributed by atoms with Gasteiger partial charge in [-0.1, -0.05) is 20.8 Å². The van der Waals surface area contributed by atoms with Crippen molar-refractivity contribution in [1.82, 2.24) is 0 Å². The molecular weight excluding hydrogens is 142 g/mol. The maximum Gasteiger partial charge on any atom is 0.167 e. The van der Waals surface area contributed by atoms with Gasteiger partial charge in [0.2, 0.25) is 0 Å². The van der Waals surface area contributed by atoms with Crippen LogP contribution < -0.4 is 5.73 Å². The molecule has 0 amide bonds. The number of aliphatic hydroxyl groups is 1. The SMILES string of the molecule is CC(C)(C)C(C)(O)OCCN. The molecule has 3 heteroatoms. The van der Waals surface area contributed by atoms with E-state index in [0.717, 1.165) is 0 Å². The largest absolute Gasteiger partial charge is 0.365 e. The first-order valence-electron chi connectivity index (χ1n) is 3.87. The Morgan fingerprint density at radius 1 is 1.27 bits per heavy atom. The second kappa shape index (κ2) is 3.52. The molecule has 0 saturated heterocycles. The Labute approximate surface area is 68.5 Å². The fourth-order valence-corrected chi connectivity index (χ4v) is 0.474. The van der Waals surface area contributed by atoms with Crippen molar-refractivity contribution in [2.45, 2.75) is 33.5 Å². The van der Waals surface area contributed by atoms with Gasteiger partial charge in [0.05, 0.1) is 6.61 Å². The standard InChI is InChI=1S/C8H19NO2/c1-7(2,3)8(4,10)11-6-5-9/h10H,5-6,9H2,1-4H3. The van der Waals surface area contributed by atoms with Gasteiger partial charge in [0.1, 0.15) is 0 Å². The Morgan fingerprint density at radius 2 is 1.73 bits per heavy atom. The molecule has 0 spiro atoms. The predicted molar refractivity (Wildman–Crippen MR) is 45.1 cm³/mol. The van der Waals surface area contributed by atoms with Crippen molar-refractivity contribution in [1.29, 1.82) is 0 Å². The van der Waals surface area contributed by atoms with Crippen molar-refractivity contribution < 1.29 is 9.84 Å². The Morgan fingerprint density at radius 3 is 2.00 bits per heavy atom. The fraction of sp³-hybridized carbons (Fsp3) is 1.00. The molecule has 68 valence electrons. The van der Waals surface area contributed by atoms with Crippen molar-refractivity contribution in [2.24, 2.45) is 11.1 Å². The molecule has 0 fully saturated rings. The van der Waals surface area contributed by atoms with Crippen molar-refractivity contribution in [3.05, 3.63) is 0 Å². The number of nitrogens with two attached hydrogens (primary N) is 1. The second-order valence-electron chi connectivity index (χ2n) is 3.87. The molecule has 0 radical (unpaired) electrons. The van der Waals surface area contributed by atoms with Gasteiger partial charge in [-0.05, 0) is 6.92 Å². The van der Waals surface area contributed by atoms with Crippen LogP contribution in [0, 0.1) is 5.41 Å². The topological polar surface area (TPSA) is 55.5 Å². The van der Waals surface area contributed by atoms with Crippen LogP contribution in [0.15, 0.2) is 0 Å². The molecule has 0 aliphatic heterocycles. The van der Waals surface area contributed by atoms with Gasteiger partial charge in [0, 0.05) is 12.0 Å². The summed E-state index contributed by atoms with van der Waals surface area (Å²) in [6.45, 7) is 8.25. The Kier molecular flexibility index (Phi) is 3.48. The number of hydrogen-bond donors (Lipinski definition) is 2. The molecule has 11 heavy (non-hydrogen) atoms. The molecule has 0 aromatic rings. The lowest BCUT2D eigenvalue weighted by molar-refractivity contribution is -0.246. The van der Waals surface area contributed by atoms with Gasteiger partial charge in [-0.15, -0.1) is 0 Å². The van der Waals surface area contributed by atoms with E-state index in [2.05, 4.69) is 0 Å². The van der Waals surface area contributed by atoms with Crippen molar-refractivity contribution in [2.75, 3.05) is 13.2 Å². The van der Waals surface area contributed by atoms with Gasteiger partial charge in [-0.3, -0.25) is 0 Å². The number of hydrogen-bond acceptors (Lipinski definition) is 3. The smallest absolute Gasteiger partial charge is 0.167 e. The summed E-state index contributed by atoms with van der Waals surface area (Å²) in [5.41, 5.74) is 4.97. The van der Waals surface area contributed by atoms with Gasteiger partial charge in [-0.2, -0.15) is 0 Å². The zero-order chi connectivity index (χ0) is 9.12. The maximum atomic E-state index is 9.70. The molecule has 1 unspecified atom stereocenters. The predicted octanol–water partition coefficient (Wildman–Crippen LogP) is 0.716. The normalized spacial score (nSPS) is 18.0. The molecule has 0 aromatic heterocycles. The molecule has 3 nitrogen and oxygen atoms in total. The molecule has 0 bridgehead atoms. The monoisotopic (exact) mass is 161 g/mol. The molecule has 0 heterocycles. The van der Waals surface area contributed by atoms with Crippen LogP contribution in [0.2, 0.25) is 0 Å². The molecule has 3 N–H and O–H groups in total. The summed E-state index contributed by atoms with van der Waals surface area (Å²) in [5, 5.41) is 9.70. The van der Waals surface area contributed by atoms with E-state index in [1.807, 2.05) is 20.8 Å². The highest BCUT2D eigenvalue weighted by molar-refractivity contribution is 4.77. The first kappa shape index (κ1) is 10.9. The van der Waals surface area contributed by atoms with E-state index >= 15 is 0 Å². The third kappa shape index (κ3) is 3.18. The van der Waals surface area contributed by atoms with Gasteiger partial charge in [0.15, 0.2) is 5.79 Å². The maximum absolute atomic E-state index is 9.70. The quantitative estimate of drug-likeness (QED) is 0.599. The van der Waals surface area contributed by atoms with Gasteiger partial charge >= 0.3 is 0 Å². The Hall–Kier alpha value is -0.120. The summed E-state index contributed by atoms with van der Waals surface area (Å²) in [4.78, 5) is 0. The molecule has 0 aromatic carbocycles. The first-order chi connectivity index (χ1) is 4.81. The van der Waals surface area contributed by atoms with E-state index in [1.54, 1.807) is 6.92 Å². The van der Waals surface area contributed by atoms with E-state index < -0.39 is 5.79 Å². The molecule has 0 aliphatic rings. The molecular formula is C8H19NO2. The van der Waals surface area contributed by atoms with E-state index in [9.17, 15) is 5.11 Å². The van der Waals surface area contributed by atoms with Crippen LogP contribution in [0.1, 0.15) is 27.7 Å². The number of ether oxygens (including phenoxy) is 1. The zero-order valence-electron chi connectivity index (χ0n) is 7.85. The number of rotatable bonds is 3. The Bertz CT molecular complexity index is 116. The van der Waals surface area contributed by atoms with Crippen LogP contribution >= 0.6 is 0 Å². The lowest BCUT2D eigenvalue weighted by Crippen LogP contribution is -2.43. The third-order valence-corrected chi connectivity index (χ3v) is 1.89. The lowest BCUT2D eigenvalue weighted by atomic mass is 9.87. The summed E-state index contributed by atoms with van der Waals surface area (Å²) in [5.74, 6) is -1.09. The highest BCUT2D eigenvalue weighted by Crippen LogP contribution is 2.30. The van der Waals surface area contributed by atoms with Crippen LogP contribution in [-0.4, -0.2) is 24.0 Å². The van der Waals surface area contributed by atoms with Crippen LogP contribution in [-0.2, 0) is 4.74 Å². The summed E-state index contributed by atoms with van der Waals surface area (Å²) in [6.07, 6.45) is 0. The lowest BCUT2D eigenvalue weighted by Gasteiger charge is -2.36. The van der Waals surface area contributed by atoms with Crippen molar-refractivity contribution >= 4 is 0 Å². The highest BCUT2D eigenvalue weighted by atomic mass is 16.6. The summed E-state index contributed by atoms with van der Waals surface area (Å²) < 4.78 is 5.17. The van der Waals surface area contributed by atoms with E-state index in [0.29, 0.717) is 13.2 Å².